The Morgan fingerprint density at radius 2 is 2.38 bits per heavy atom. The van der Waals surface area contributed by atoms with E-state index in [9.17, 15) is 0 Å². The van der Waals surface area contributed by atoms with Crippen molar-refractivity contribution in [3.05, 3.63) is 24.0 Å². The number of H-pyrrole nitrogens is 1. The quantitative estimate of drug-likeness (QED) is 0.729. The normalized spacial score (nSPS) is 19.8. The number of nitrogens with one attached hydrogen (secondary N) is 1. The van der Waals surface area contributed by atoms with Crippen LogP contribution >= 0.6 is 0 Å². The van der Waals surface area contributed by atoms with Crippen molar-refractivity contribution in [2.24, 2.45) is 0 Å². The monoisotopic (exact) mass is 181 g/mol. The summed E-state index contributed by atoms with van der Waals surface area (Å²) in [6.07, 6.45) is 3.79. The lowest BCUT2D eigenvalue weighted by Gasteiger charge is -2.41. The van der Waals surface area contributed by atoms with E-state index in [1.165, 1.54) is 5.69 Å². The zero-order valence-electron chi connectivity index (χ0n) is 7.62. The highest BCUT2D eigenvalue weighted by molar-refractivity contribution is 5.20. The molecular weight excluding hydrogens is 166 g/mol. The lowest BCUT2D eigenvalue weighted by molar-refractivity contribution is -0.0683. The second-order valence-corrected chi connectivity index (χ2v) is 3.68. The summed E-state index contributed by atoms with van der Waals surface area (Å²) in [6.45, 7) is 1.84. The van der Waals surface area contributed by atoms with Crippen molar-refractivity contribution in [3.63, 3.8) is 0 Å². The number of aromatic amines is 1. The number of rotatable bonds is 4. The van der Waals surface area contributed by atoms with Gasteiger partial charge in [-0.1, -0.05) is 0 Å². The van der Waals surface area contributed by atoms with Crippen LogP contribution in [-0.4, -0.2) is 29.9 Å². The number of aromatic nitrogens is 1. The van der Waals surface area contributed by atoms with E-state index < -0.39 is 0 Å². The smallest absolute Gasteiger partial charge is 0.0600 e. The number of hydrogen-bond donors (Lipinski definition) is 2. The minimum atomic E-state index is 0.159. The van der Waals surface area contributed by atoms with Crippen molar-refractivity contribution in [2.45, 2.75) is 18.3 Å². The molecule has 2 heterocycles. The summed E-state index contributed by atoms with van der Waals surface area (Å²) in [5.74, 6) is 0. The largest absolute Gasteiger partial charge is 0.396 e. The van der Waals surface area contributed by atoms with Crippen molar-refractivity contribution in [1.82, 2.24) is 4.98 Å². The number of aliphatic hydroxyl groups excluding tert-OH is 1. The van der Waals surface area contributed by atoms with Crippen LogP contribution in [0.2, 0.25) is 0 Å². The van der Waals surface area contributed by atoms with E-state index in [-0.39, 0.29) is 12.0 Å². The van der Waals surface area contributed by atoms with E-state index in [1.807, 2.05) is 12.3 Å². The molecule has 3 nitrogen and oxygen atoms in total. The molecule has 3 heteroatoms. The van der Waals surface area contributed by atoms with Gasteiger partial charge in [0.05, 0.1) is 18.6 Å². The highest BCUT2D eigenvalue weighted by atomic mass is 16.5. The minimum absolute atomic E-state index is 0.159. The first kappa shape index (κ1) is 8.78. The molecule has 2 rings (SSSR count). The maximum absolute atomic E-state index is 8.80. The van der Waals surface area contributed by atoms with Gasteiger partial charge in [0.15, 0.2) is 0 Å². The number of hydrogen-bond acceptors (Lipinski definition) is 2. The summed E-state index contributed by atoms with van der Waals surface area (Å²) >= 11 is 0. The van der Waals surface area contributed by atoms with Crippen LogP contribution in [0.3, 0.4) is 0 Å². The highest BCUT2D eigenvalue weighted by Gasteiger charge is 2.40. The first-order valence-corrected chi connectivity index (χ1v) is 4.70. The second-order valence-electron chi connectivity index (χ2n) is 3.68. The average Bonchev–Trinajstić information content (AvgIpc) is 2.56. The van der Waals surface area contributed by atoms with Gasteiger partial charge >= 0.3 is 0 Å². The van der Waals surface area contributed by atoms with Crippen molar-refractivity contribution >= 4 is 0 Å². The molecule has 0 spiro atoms. The van der Waals surface area contributed by atoms with Crippen LogP contribution < -0.4 is 0 Å². The zero-order valence-corrected chi connectivity index (χ0v) is 7.62. The molecule has 0 radical (unpaired) electrons. The van der Waals surface area contributed by atoms with E-state index in [0.717, 1.165) is 26.1 Å². The van der Waals surface area contributed by atoms with E-state index in [0.29, 0.717) is 0 Å². The molecule has 0 unspecified atom stereocenters. The van der Waals surface area contributed by atoms with Gasteiger partial charge in [-0.15, -0.1) is 0 Å². The third-order valence-electron chi connectivity index (χ3n) is 2.74. The predicted octanol–water partition coefficient (Wildman–Crippen LogP) is 1.06. The fourth-order valence-corrected chi connectivity index (χ4v) is 1.86. The minimum Gasteiger partial charge on any atom is -0.396 e. The van der Waals surface area contributed by atoms with E-state index in [2.05, 4.69) is 11.1 Å². The molecule has 0 saturated carbocycles. The Balaban J connectivity index is 2.07. The fraction of sp³-hybridized carbons (Fsp3) is 0.600. The molecule has 1 aliphatic rings. The summed E-state index contributed by atoms with van der Waals surface area (Å²) in [5, 5.41) is 8.80. The molecule has 1 fully saturated rings. The van der Waals surface area contributed by atoms with E-state index >= 15 is 0 Å². The number of aliphatic hydroxyl groups is 1. The molecule has 1 aliphatic heterocycles. The molecule has 2 N–H and O–H groups in total. The Labute approximate surface area is 77.7 Å². The Bertz CT molecular complexity index is 252. The average molecular weight is 181 g/mol. The van der Waals surface area contributed by atoms with Crippen LogP contribution in [0.1, 0.15) is 18.5 Å². The van der Waals surface area contributed by atoms with Crippen molar-refractivity contribution in [3.8, 4) is 0 Å². The molecule has 72 valence electrons. The molecule has 0 bridgehead atoms. The van der Waals surface area contributed by atoms with Crippen LogP contribution in [0.25, 0.3) is 0 Å². The van der Waals surface area contributed by atoms with E-state index in [1.54, 1.807) is 0 Å². The number of ether oxygens (including phenoxy) is 1. The first-order valence-electron chi connectivity index (χ1n) is 4.70. The molecule has 1 aromatic heterocycles. The molecule has 0 amide bonds. The van der Waals surface area contributed by atoms with Gasteiger partial charge in [-0.05, 0) is 25.0 Å². The van der Waals surface area contributed by atoms with Gasteiger partial charge in [0.1, 0.15) is 0 Å². The summed E-state index contributed by atoms with van der Waals surface area (Å²) in [5.41, 5.74) is 1.40. The van der Waals surface area contributed by atoms with Gasteiger partial charge < -0.3 is 14.8 Å². The predicted molar refractivity (Wildman–Crippen MR) is 49.6 cm³/mol. The van der Waals surface area contributed by atoms with Gasteiger partial charge in [-0.3, -0.25) is 0 Å². The van der Waals surface area contributed by atoms with Gasteiger partial charge in [0.25, 0.3) is 0 Å². The van der Waals surface area contributed by atoms with Crippen molar-refractivity contribution in [2.75, 3.05) is 19.8 Å². The molecule has 0 atom stereocenters. The van der Waals surface area contributed by atoms with Crippen LogP contribution in [0.4, 0.5) is 0 Å². The molecule has 1 saturated heterocycles. The second kappa shape index (κ2) is 3.52. The van der Waals surface area contributed by atoms with Crippen LogP contribution in [-0.2, 0) is 10.2 Å². The summed E-state index contributed by atoms with van der Waals surface area (Å²) in [6, 6.07) is 4.11. The first-order chi connectivity index (χ1) is 6.37. The van der Waals surface area contributed by atoms with Gasteiger partial charge in [0.2, 0.25) is 0 Å². The fourth-order valence-electron chi connectivity index (χ4n) is 1.86. The van der Waals surface area contributed by atoms with Crippen LogP contribution in [0, 0.1) is 0 Å². The molecule has 1 aromatic rings. The van der Waals surface area contributed by atoms with Crippen molar-refractivity contribution < 1.29 is 9.84 Å². The van der Waals surface area contributed by atoms with Gasteiger partial charge in [-0.2, -0.15) is 0 Å². The SMILES string of the molecule is OCCCC1(c2ccc[nH]2)COC1. The summed E-state index contributed by atoms with van der Waals surface area (Å²) < 4.78 is 5.26. The summed E-state index contributed by atoms with van der Waals surface area (Å²) in [4.78, 5) is 3.23. The van der Waals surface area contributed by atoms with Gasteiger partial charge in [-0.25, -0.2) is 0 Å². The molecule has 0 aromatic carbocycles. The Kier molecular flexibility index (Phi) is 2.38. The maximum Gasteiger partial charge on any atom is 0.0600 e. The van der Waals surface area contributed by atoms with Crippen LogP contribution in [0.5, 0.6) is 0 Å². The highest BCUT2D eigenvalue weighted by Crippen LogP contribution is 2.35. The lowest BCUT2D eigenvalue weighted by Crippen LogP contribution is -2.47. The Morgan fingerprint density at radius 1 is 1.54 bits per heavy atom. The Morgan fingerprint density at radius 3 is 2.85 bits per heavy atom. The Hall–Kier alpha value is -0.800. The lowest BCUT2D eigenvalue weighted by atomic mass is 9.78. The maximum atomic E-state index is 8.80. The standard InChI is InChI=1S/C10H15NO2/c12-6-2-4-10(7-13-8-10)9-3-1-5-11-9/h1,3,5,11-12H,2,4,6-8H2. The van der Waals surface area contributed by atoms with Crippen LogP contribution in [0.15, 0.2) is 18.3 Å². The van der Waals surface area contributed by atoms with E-state index in [4.69, 9.17) is 9.84 Å². The topological polar surface area (TPSA) is 45.2 Å². The van der Waals surface area contributed by atoms with Crippen molar-refractivity contribution in [1.29, 1.82) is 0 Å². The third-order valence-corrected chi connectivity index (χ3v) is 2.74. The third kappa shape index (κ3) is 1.49. The van der Waals surface area contributed by atoms with Gasteiger partial charge in [0, 0.05) is 18.5 Å². The zero-order chi connectivity index (χ0) is 9.15. The summed E-state index contributed by atoms with van der Waals surface area (Å²) in [7, 11) is 0. The molecule has 13 heavy (non-hydrogen) atoms. The molecular formula is C10H15NO2. The molecule has 0 aliphatic carbocycles.